The van der Waals surface area contributed by atoms with Crippen molar-refractivity contribution in [2.45, 2.75) is 25.7 Å². The summed E-state index contributed by atoms with van der Waals surface area (Å²) < 4.78 is 6.65. The minimum absolute atomic E-state index is 0.142. The molecule has 94 valence electrons. The first kappa shape index (κ1) is 13.1. The second kappa shape index (κ2) is 4.71. The van der Waals surface area contributed by atoms with E-state index < -0.39 is 0 Å². The van der Waals surface area contributed by atoms with Crippen LogP contribution in [0.25, 0.3) is 0 Å². The standard InChI is InChI=1S/C14H20BrNO/c1-13(2,8-16)7-14(9-17-10-14)11-5-3-4-6-12(11)15/h3-6H,7-10,16H2,1-2H3. The molecule has 17 heavy (non-hydrogen) atoms. The van der Waals surface area contributed by atoms with E-state index in [0.29, 0.717) is 6.54 Å². The van der Waals surface area contributed by atoms with E-state index in [-0.39, 0.29) is 10.8 Å². The van der Waals surface area contributed by atoms with Gasteiger partial charge in [-0.15, -0.1) is 0 Å². The summed E-state index contributed by atoms with van der Waals surface area (Å²) in [4.78, 5) is 0. The first-order valence-electron chi connectivity index (χ1n) is 6.02. The van der Waals surface area contributed by atoms with Crippen molar-refractivity contribution in [2.75, 3.05) is 19.8 Å². The molecule has 2 rings (SSSR count). The smallest absolute Gasteiger partial charge is 0.0586 e. The lowest BCUT2D eigenvalue weighted by Crippen LogP contribution is -2.50. The van der Waals surface area contributed by atoms with Crippen molar-refractivity contribution in [3.05, 3.63) is 34.3 Å². The SMILES string of the molecule is CC(C)(CN)CC1(c2ccccc2Br)COC1. The molecule has 0 radical (unpaired) electrons. The maximum atomic E-state index is 5.86. The van der Waals surface area contributed by atoms with Gasteiger partial charge in [0, 0.05) is 9.89 Å². The molecule has 1 fully saturated rings. The van der Waals surface area contributed by atoms with E-state index in [9.17, 15) is 0 Å². The van der Waals surface area contributed by atoms with Gasteiger partial charge in [-0.25, -0.2) is 0 Å². The third kappa shape index (κ3) is 2.56. The van der Waals surface area contributed by atoms with Crippen LogP contribution in [0, 0.1) is 5.41 Å². The molecule has 0 saturated carbocycles. The molecule has 3 heteroatoms. The van der Waals surface area contributed by atoms with Gasteiger partial charge in [0.1, 0.15) is 0 Å². The lowest BCUT2D eigenvalue weighted by atomic mass is 9.68. The van der Waals surface area contributed by atoms with Gasteiger partial charge < -0.3 is 10.5 Å². The highest BCUT2D eigenvalue weighted by atomic mass is 79.9. The van der Waals surface area contributed by atoms with Crippen LogP contribution in [-0.4, -0.2) is 19.8 Å². The van der Waals surface area contributed by atoms with Crippen LogP contribution in [0.1, 0.15) is 25.8 Å². The minimum Gasteiger partial charge on any atom is -0.379 e. The summed E-state index contributed by atoms with van der Waals surface area (Å²) in [6, 6.07) is 8.44. The van der Waals surface area contributed by atoms with Crippen LogP contribution in [0.15, 0.2) is 28.7 Å². The summed E-state index contributed by atoms with van der Waals surface area (Å²) in [7, 11) is 0. The van der Waals surface area contributed by atoms with Gasteiger partial charge in [0.25, 0.3) is 0 Å². The number of hydrogen-bond acceptors (Lipinski definition) is 2. The van der Waals surface area contributed by atoms with Crippen LogP contribution >= 0.6 is 15.9 Å². The van der Waals surface area contributed by atoms with Crippen LogP contribution in [0.3, 0.4) is 0 Å². The van der Waals surface area contributed by atoms with E-state index >= 15 is 0 Å². The third-order valence-corrected chi connectivity index (χ3v) is 4.26. The highest BCUT2D eigenvalue weighted by Gasteiger charge is 2.44. The number of rotatable bonds is 4. The summed E-state index contributed by atoms with van der Waals surface area (Å²) in [6.45, 7) is 6.77. The Bertz CT molecular complexity index is 399. The fourth-order valence-corrected chi connectivity index (χ4v) is 3.29. The fourth-order valence-electron chi connectivity index (χ4n) is 2.58. The summed E-state index contributed by atoms with van der Waals surface area (Å²) in [6.07, 6.45) is 1.07. The van der Waals surface area contributed by atoms with Crippen molar-refractivity contribution in [3.63, 3.8) is 0 Å². The van der Waals surface area contributed by atoms with E-state index in [2.05, 4.69) is 54.0 Å². The van der Waals surface area contributed by atoms with Crippen molar-refractivity contribution in [3.8, 4) is 0 Å². The zero-order valence-corrected chi connectivity index (χ0v) is 12.1. The molecule has 0 bridgehead atoms. The molecule has 0 aliphatic carbocycles. The molecular weight excluding hydrogens is 278 g/mol. The van der Waals surface area contributed by atoms with Crippen molar-refractivity contribution in [1.82, 2.24) is 0 Å². The molecule has 0 amide bonds. The molecule has 1 aromatic carbocycles. The first-order chi connectivity index (χ1) is 7.99. The molecular formula is C14H20BrNO. The highest BCUT2D eigenvalue weighted by Crippen LogP contribution is 2.44. The Hall–Kier alpha value is -0.380. The lowest BCUT2D eigenvalue weighted by Gasteiger charge is -2.46. The van der Waals surface area contributed by atoms with E-state index in [4.69, 9.17) is 10.5 Å². The van der Waals surface area contributed by atoms with Gasteiger partial charge in [0.15, 0.2) is 0 Å². The predicted molar refractivity (Wildman–Crippen MR) is 74.1 cm³/mol. The summed E-state index contributed by atoms with van der Waals surface area (Å²) in [5, 5.41) is 0. The monoisotopic (exact) mass is 297 g/mol. The molecule has 1 aromatic rings. The summed E-state index contributed by atoms with van der Waals surface area (Å²) in [5.74, 6) is 0. The Morgan fingerprint density at radius 2 is 2.00 bits per heavy atom. The van der Waals surface area contributed by atoms with Crippen molar-refractivity contribution >= 4 is 15.9 Å². The average molecular weight is 298 g/mol. The van der Waals surface area contributed by atoms with E-state index in [1.807, 2.05) is 0 Å². The number of ether oxygens (including phenoxy) is 1. The zero-order valence-electron chi connectivity index (χ0n) is 10.5. The Labute approximate surface area is 112 Å². The van der Waals surface area contributed by atoms with Gasteiger partial charge in [-0.3, -0.25) is 0 Å². The lowest BCUT2D eigenvalue weighted by molar-refractivity contribution is -0.0789. The van der Waals surface area contributed by atoms with Crippen molar-refractivity contribution in [1.29, 1.82) is 0 Å². The summed E-state index contributed by atoms with van der Waals surface area (Å²) in [5.41, 5.74) is 7.50. The average Bonchev–Trinajstić information content (AvgIpc) is 2.25. The van der Waals surface area contributed by atoms with Crippen LogP contribution in [-0.2, 0) is 10.2 Å². The number of hydrogen-bond donors (Lipinski definition) is 1. The Morgan fingerprint density at radius 1 is 1.35 bits per heavy atom. The Kier molecular flexibility index (Phi) is 3.62. The van der Waals surface area contributed by atoms with Gasteiger partial charge in [0.2, 0.25) is 0 Å². The molecule has 0 atom stereocenters. The van der Waals surface area contributed by atoms with E-state index in [1.54, 1.807) is 0 Å². The topological polar surface area (TPSA) is 35.2 Å². The molecule has 2 nitrogen and oxygen atoms in total. The zero-order chi connectivity index (χ0) is 12.5. The fraction of sp³-hybridized carbons (Fsp3) is 0.571. The molecule has 0 unspecified atom stereocenters. The van der Waals surface area contributed by atoms with Gasteiger partial charge in [-0.1, -0.05) is 48.0 Å². The molecule has 1 aliphatic rings. The molecule has 1 aliphatic heterocycles. The second-order valence-corrected chi connectivity index (χ2v) is 6.65. The van der Waals surface area contributed by atoms with Gasteiger partial charge in [-0.2, -0.15) is 0 Å². The Balaban J connectivity index is 2.29. The molecule has 0 aromatic heterocycles. The number of nitrogens with two attached hydrogens (primary N) is 1. The predicted octanol–water partition coefficient (Wildman–Crippen LogP) is 3.09. The molecule has 2 N–H and O–H groups in total. The van der Waals surface area contributed by atoms with Crippen molar-refractivity contribution < 1.29 is 4.74 Å². The van der Waals surface area contributed by atoms with Gasteiger partial charge in [0.05, 0.1) is 13.2 Å². The van der Waals surface area contributed by atoms with Crippen molar-refractivity contribution in [2.24, 2.45) is 11.1 Å². The number of benzene rings is 1. The Morgan fingerprint density at radius 3 is 2.47 bits per heavy atom. The first-order valence-corrected chi connectivity index (χ1v) is 6.81. The third-order valence-electron chi connectivity index (χ3n) is 3.57. The van der Waals surface area contributed by atoms with Crippen LogP contribution < -0.4 is 5.73 Å². The van der Waals surface area contributed by atoms with Gasteiger partial charge >= 0.3 is 0 Å². The maximum absolute atomic E-state index is 5.86. The van der Waals surface area contributed by atoms with E-state index in [0.717, 1.165) is 19.6 Å². The molecule has 1 saturated heterocycles. The quantitative estimate of drug-likeness (QED) is 0.927. The largest absolute Gasteiger partial charge is 0.379 e. The minimum atomic E-state index is 0.142. The number of halogens is 1. The van der Waals surface area contributed by atoms with Crippen LogP contribution in [0.4, 0.5) is 0 Å². The van der Waals surface area contributed by atoms with E-state index in [1.165, 1.54) is 10.0 Å². The van der Waals surface area contributed by atoms with Crippen LogP contribution in [0.5, 0.6) is 0 Å². The highest BCUT2D eigenvalue weighted by molar-refractivity contribution is 9.10. The summed E-state index contributed by atoms with van der Waals surface area (Å²) >= 11 is 3.65. The van der Waals surface area contributed by atoms with Gasteiger partial charge in [-0.05, 0) is 30.0 Å². The maximum Gasteiger partial charge on any atom is 0.0586 e. The normalized spacial score (nSPS) is 18.8. The van der Waals surface area contributed by atoms with Crippen LogP contribution in [0.2, 0.25) is 0 Å². The molecule has 0 spiro atoms. The molecule has 1 heterocycles. The second-order valence-electron chi connectivity index (χ2n) is 5.80.